The molecule has 0 fully saturated rings. The van der Waals surface area contributed by atoms with E-state index in [-0.39, 0.29) is 11.9 Å². The van der Waals surface area contributed by atoms with E-state index < -0.39 is 5.91 Å². The van der Waals surface area contributed by atoms with Gasteiger partial charge in [0.2, 0.25) is 5.89 Å². The number of benzene rings is 2. The number of nitrogens with zero attached hydrogens (tertiary/aromatic N) is 2. The van der Waals surface area contributed by atoms with Gasteiger partial charge in [-0.3, -0.25) is 10.1 Å². The van der Waals surface area contributed by atoms with Gasteiger partial charge in [0.05, 0.1) is 19.2 Å². The molecule has 142 valence electrons. The van der Waals surface area contributed by atoms with E-state index in [1.807, 2.05) is 24.3 Å². The number of hydrogen-bond donors (Lipinski definition) is 1. The van der Waals surface area contributed by atoms with Gasteiger partial charge in [0, 0.05) is 21.7 Å². The van der Waals surface area contributed by atoms with Crippen LogP contribution in [0.4, 0.5) is 6.01 Å². The second-order valence-electron chi connectivity index (χ2n) is 5.71. The van der Waals surface area contributed by atoms with Crippen LogP contribution in [0.25, 0.3) is 21.5 Å². The molecule has 7 nitrogen and oxygen atoms in total. The van der Waals surface area contributed by atoms with Crippen LogP contribution in [-0.4, -0.2) is 30.3 Å². The molecule has 4 aromatic rings. The van der Waals surface area contributed by atoms with Crippen LogP contribution in [0, 0.1) is 0 Å². The Morgan fingerprint density at radius 3 is 2.50 bits per heavy atom. The molecule has 9 heteroatoms. The zero-order chi connectivity index (χ0) is 19.7. The second kappa shape index (κ2) is 7.49. The fraction of sp³-hybridized carbons (Fsp3) is 0.105. The lowest BCUT2D eigenvalue weighted by atomic mass is 10.2. The highest BCUT2D eigenvalue weighted by molar-refractivity contribution is 7.21. The van der Waals surface area contributed by atoms with Crippen LogP contribution in [0.5, 0.6) is 11.5 Å². The summed E-state index contributed by atoms with van der Waals surface area (Å²) in [6.45, 7) is 0. The van der Waals surface area contributed by atoms with E-state index in [1.165, 1.54) is 11.3 Å². The summed E-state index contributed by atoms with van der Waals surface area (Å²) in [4.78, 5) is 13.0. The SMILES string of the molecule is COc1cc(OC)cc(-c2nnc(NC(=O)c3sc4ccccc4c3Cl)o2)c1. The van der Waals surface area contributed by atoms with Crippen LogP contribution in [0.15, 0.2) is 46.9 Å². The molecule has 0 bridgehead atoms. The number of anilines is 1. The fourth-order valence-electron chi connectivity index (χ4n) is 2.64. The lowest BCUT2D eigenvalue weighted by Crippen LogP contribution is -2.10. The zero-order valence-corrected chi connectivity index (χ0v) is 16.4. The Hall–Kier alpha value is -3.10. The molecule has 0 aliphatic carbocycles. The van der Waals surface area contributed by atoms with Crippen LogP contribution >= 0.6 is 22.9 Å². The first-order valence-corrected chi connectivity index (χ1v) is 9.34. The average Bonchev–Trinajstić information content (AvgIpc) is 3.32. The molecule has 0 aliphatic rings. The van der Waals surface area contributed by atoms with Crippen molar-refractivity contribution in [2.24, 2.45) is 0 Å². The summed E-state index contributed by atoms with van der Waals surface area (Å²) in [6, 6.07) is 12.7. The normalized spacial score (nSPS) is 10.8. The number of nitrogens with one attached hydrogen (secondary N) is 1. The third-order valence-corrected chi connectivity index (χ3v) is 5.66. The summed E-state index contributed by atoms with van der Waals surface area (Å²) < 4.78 is 17.0. The molecule has 2 heterocycles. The molecule has 0 saturated carbocycles. The summed E-state index contributed by atoms with van der Waals surface area (Å²) in [5.74, 6) is 0.963. The van der Waals surface area contributed by atoms with E-state index >= 15 is 0 Å². The Morgan fingerprint density at radius 2 is 1.82 bits per heavy atom. The molecule has 0 atom stereocenters. The van der Waals surface area contributed by atoms with Gasteiger partial charge in [0.25, 0.3) is 5.91 Å². The highest BCUT2D eigenvalue weighted by atomic mass is 35.5. The van der Waals surface area contributed by atoms with Crippen LogP contribution in [0.1, 0.15) is 9.67 Å². The Balaban J connectivity index is 1.59. The first-order valence-electron chi connectivity index (χ1n) is 8.14. The van der Waals surface area contributed by atoms with Crippen LogP contribution in [0.3, 0.4) is 0 Å². The lowest BCUT2D eigenvalue weighted by molar-refractivity contribution is 0.102. The molecule has 4 rings (SSSR count). The molecule has 0 saturated heterocycles. The van der Waals surface area contributed by atoms with Crippen molar-refractivity contribution in [3.05, 3.63) is 52.4 Å². The molecule has 0 unspecified atom stereocenters. The van der Waals surface area contributed by atoms with E-state index in [0.29, 0.717) is 27.0 Å². The number of amides is 1. The zero-order valence-electron chi connectivity index (χ0n) is 14.9. The first kappa shape index (κ1) is 18.3. The third kappa shape index (κ3) is 3.39. The second-order valence-corrected chi connectivity index (χ2v) is 7.14. The summed E-state index contributed by atoms with van der Waals surface area (Å²) in [7, 11) is 3.10. The van der Waals surface area contributed by atoms with Gasteiger partial charge in [0.1, 0.15) is 16.4 Å². The van der Waals surface area contributed by atoms with Crippen LogP contribution < -0.4 is 14.8 Å². The van der Waals surface area contributed by atoms with E-state index in [0.717, 1.165) is 10.1 Å². The standard InChI is InChI=1S/C19H14ClN3O4S/c1-25-11-7-10(8-12(9-11)26-2)18-22-23-19(27-18)21-17(24)16-15(20)13-5-3-4-6-14(13)28-16/h3-9H,1-2H3,(H,21,23,24). The molecular weight excluding hydrogens is 402 g/mol. The van der Waals surface area contributed by atoms with Crippen LogP contribution in [-0.2, 0) is 0 Å². The number of methoxy groups -OCH3 is 2. The molecular formula is C19H14ClN3O4S. The van der Waals surface area contributed by atoms with E-state index in [9.17, 15) is 4.79 Å². The number of halogens is 1. The molecule has 1 amide bonds. The topological polar surface area (TPSA) is 86.5 Å². The van der Waals surface area contributed by atoms with Crippen molar-refractivity contribution in [2.75, 3.05) is 19.5 Å². The predicted molar refractivity (Wildman–Crippen MR) is 108 cm³/mol. The van der Waals surface area contributed by atoms with Gasteiger partial charge in [0.15, 0.2) is 0 Å². The Labute approximate surface area is 168 Å². The summed E-state index contributed by atoms with van der Waals surface area (Å²) in [5.41, 5.74) is 0.601. The molecule has 2 aromatic heterocycles. The first-order chi connectivity index (χ1) is 13.6. The Bertz CT molecular complexity index is 1150. The molecule has 1 N–H and O–H groups in total. The molecule has 0 aliphatic heterocycles. The maximum Gasteiger partial charge on any atom is 0.322 e. The minimum absolute atomic E-state index is 0.0321. The number of carbonyl (C=O) groups is 1. The number of carbonyl (C=O) groups excluding carboxylic acids is 1. The molecule has 28 heavy (non-hydrogen) atoms. The summed E-state index contributed by atoms with van der Waals surface area (Å²) in [6.07, 6.45) is 0. The molecule has 0 radical (unpaired) electrons. The lowest BCUT2D eigenvalue weighted by Gasteiger charge is -2.05. The van der Waals surface area contributed by atoms with E-state index in [1.54, 1.807) is 32.4 Å². The minimum atomic E-state index is -0.412. The van der Waals surface area contributed by atoms with E-state index in [2.05, 4.69) is 15.5 Å². The minimum Gasteiger partial charge on any atom is -0.497 e. The fourth-order valence-corrected chi connectivity index (χ4v) is 4.05. The van der Waals surface area contributed by atoms with Crippen molar-refractivity contribution in [2.45, 2.75) is 0 Å². The number of aromatic nitrogens is 2. The number of ether oxygens (including phenoxy) is 2. The predicted octanol–water partition coefficient (Wildman–Crippen LogP) is 4.87. The summed E-state index contributed by atoms with van der Waals surface area (Å²) in [5, 5.41) is 11.7. The number of thiophene rings is 1. The maximum atomic E-state index is 12.6. The van der Waals surface area contributed by atoms with Crippen molar-refractivity contribution in [1.82, 2.24) is 10.2 Å². The van der Waals surface area contributed by atoms with Crippen molar-refractivity contribution in [3.8, 4) is 23.0 Å². The Kier molecular flexibility index (Phi) is 4.89. The maximum absolute atomic E-state index is 12.6. The van der Waals surface area contributed by atoms with Gasteiger partial charge in [-0.05, 0) is 18.2 Å². The van der Waals surface area contributed by atoms with Crippen molar-refractivity contribution >= 4 is 44.9 Å². The summed E-state index contributed by atoms with van der Waals surface area (Å²) >= 11 is 7.64. The number of hydrogen-bond acceptors (Lipinski definition) is 7. The van der Waals surface area contributed by atoms with Gasteiger partial charge < -0.3 is 13.9 Å². The molecule has 2 aromatic carbocycles. The quantitative estimate of drug-likeness (QED) is 0.500. The van der Waals surface area contributed by atoms with Gasteiger partial charge in [-0.15, -0.1) is 16.4 Å². The largest absolute Gasteiger partial charge is 0.497 e. The average molecular weight is 416 g/mol. The van der Waals surface area contributed by atoms with Crippen LogP contribution in [0.2, 0.25) is 5.02 Å². The van der Waals surface area contributed by atoms with Crippen molar-refractivity contribution < 1.29 is 18.7 Å². The number of rotatable bonds is 5. The highest BCUT2D eigenvalue weighted by Crippen LogP contribution is 2.35. The van der Waals surface area contributed by atoms with E-state index in [4.69, 9.17) is 25.5 Å². The van der Waals surface area contributed by atoms with Crippen molar-refractivity contribution in [3.63, 3.8) is 0 Å². The van der Waals surface area contributed by atoms with Gasteiger partial charge in [-0.2, -0.15) is 0 Å². The van der Waals surface area contributed by atoms with Gasteiger partial charge in [-0.25, -0.2) is 0 Å². The number of fused-ring (bicyclic) bond motifs is 1. The smallest absolute Gasteiger partial charge is 0.322 e. The van der Waals surface area contributed by atoms with Gasteiger partial charge >= 0.3 is 6.01 Å². The van der Waals surface area contributed by atoms with Gasteiger partial charge in [-0.1, -0.05) is 34.9 Å². The highest BCUT2D eigenvalue weighted by Gasteiger charge is 2.20. The Morgan fingerprint density at radius 1 is 1.11 bits per heavy atom. The van der Waals surface area contributed by atoms with Crippen molar-refractivity contribution in [1.29, 1.82) is 0 Å². The monoisotopic (exact) mass is 415 g/mol. The molecule has 0 spiro atoms. The third-order valence-electron chi connectivity index (χ3n) is 3.98.